The normalized spacial score (nSPS) is 13.5. The summed E-state index contributed by atoms with van der Waals surface area (Å²) in [6.07, 6.45) is 1.61. The Kier molecular flexibility index (Phi) is 9.50. The molecule has 148 valence electrons. The molecule has 26 heavy (non-hydrogen) atoms. The van der Waals surface area contributed by atoms with Gasteiger partial charge in [-0.15, -0.1) is 0 Å². The zero-order valence-corrected chi connectivity index (χ0v) is 18.0. The van der Waals surface area contributed by atoms with Crippen LogP contribution in [0.4, 0.5) is 0 Å². The summed E-state index contributed by atoms with van der Waals surface area (Å²) in [6.45, 7) is 12.6. The van der Waals surface area contributed by atoms with E-state index in [4.69, 9.17) is 18.6 Å². The Morgan fingerprint density at radius 1 is 1.12 bits per heavy atom. The van der Waals surface area contributed by atoms with Crippen molar-refractivity contribution in [2.75, 3.05) is 27.1 Å². The van der Waals surface area contributed by atoms with E-state index in [1.54, 1.807) is 7.11 Å². The predicted octanol–water partition coefficient (Wildman–Crippen LogP) is 4.41. The van der Waals surface area contributed by atoms with Gasteiger partial charge in [0.15, 0.2) is 8.32 Å². The Labute approximate surface area is 159 Å². The van der Waals surface area contributed by atoms with Crippen molar-refractivity contribution in [1.82, 2.24) is 0 Å². The Balaban J connectivity index is 2.19. The number of ether oxygens (including phenoxy) is 3. The molecular weight excluding hydrogens is 348 g/mol. The third-order valence-electron chi connectivity index (χ3n) is 4.88. The molecule has 1 aromatic carbocycles. The highest BCUT2D eigenvalue weighted by Crippen LogP contribution is 2.36. The lowest BCUT2D eigenvalue weighted by molar-refractivity contribution is -0.113. The lowest BCUT2D eigenvalue weighted by atomic mass is 10.1. The second kappa shape index (κ2) is 10.8. The van der Waals surface area contributed by atoms with Crippen LogP contribution in [0.15, 0.2) is 24.3 Å². The molecule has 0 saturated heterocycles. The van der Waals surface area contributed by atoms with Crippen molar-refractivity contribution in [3.63, 3.8) is 0 Å². The SMILES string of the molecule is COc1ccc(COCOCC[C@@H](C=O)CO[Si](C)(C)C(C)(C)C)cc1. The Bertz CT molecular complexity index is 522. The van der Waals surface area contributed by atoms with Gasteiger partial charge in [0.25, 0.3) is 0 Å². The molecule has 0 fully saturated rings. The van der Waals surface area contributed by atoms with Crippen molar-refractivity contribution < 1.29 is 23.4 Å². The van der Waals surface area contributed by atoms with Crippen molar-refractivity contribution in [2.24, 2.45) is 5.92 Å². The van der Waals surface area contributed by atoms with Gasteiger partial charge in [-0.25, -0.2) is 0 Å². The number of benzene rings is 1. The summed E-state index contributed by atoms with van der Waals surface area (Å²) >= 11 is 0. The molecule has 0 spiro atoms. The van der Waals surface area contributed by atoms with E-state index in [0.717, 1.165) is 17.6 Å². The minimum absolute atomic E-state index is 0.134. The smallest absolute Gasteiger partial charge is 0.192 e. The minimum Gasteiger partial charge on any atom is -0.497 e. The minimum atomic E-state index is -1.82. The molecule has 0 bridgehead atoms. The molecule has 5 nitrogen and oxygen atoms in total. The molecule has 0 unspecified atom stereocenters. The van der Waals surface area contributed by atoms with E-state index in [2.05, 4.69) is 33.9 Å². The predicted molar refractivity (Wildman–Crippen MR) is 106 cm³/mol. The van der Waals surface area contributed by atoms with Crippen LogP contribution in [0.5, 0.6) is 5.75 Å². The average molecular weight is 383 g/mol. The summed E-state index contributed by atoms with van der Waals surface area (Å²) in [6, 6.07) is 7.71. The van der Waals surface area contributed by atoms with E-state index >= 15 is 0 Å². The molecule has 0 N–H and O–H groups in total. The molecule has 6 heteroatoms. The van der Waals surface area contributed by atoms with Crippen LogP contribution < -0.4 is 4.74 Å². The Morgan fingerprint density at radius 3 is 2.31 bits per heavy atom. The number of rotatable bonds is 12. The second-order valence-electron chi connectivity index (χ2n) is 7.98. The maximum Gasteiger partial charge on any atom is 0.192 e. The molecular formula is C20H34O5Si. The third-order valence-corrected chi connectivity index (χ3v) is 9.39. The van der Waals surface area contributed by atoms with Crippen LogP contribution in [0.2, 0.25) is 18.1 Å². The van der Waals surface area contributed by atoms with Crippen LogP contribution in [0, 0.1) is 5.92 Å². The van der Waals surface area contributed by atoms with E-state index in [9.17, 15) is 4.79 Å². The molecule has 0 heterocycles. The van der Waals surface area contributed by atoms with Gasteiger partial charge in [0.1, 0.15) is 18.8 Å². The van der Waals surface area contributed by atoms with E-state index in [0.29, 0.717) is 26.2 Å². The van der Waals surface area contributed by atoms with E-state index in [1.807, 2.05) is 24.3 Å². The highest BCUT2D eigenvalue weighted by Gasteiger charge is 2.37. The van der Waals surface area contributed by atoms with Gasteiger partial charge in [0.2, 0.25) is 0 Å². The van der Waals surface area contributed by atoms with Crippen LogP contribution in [0.25, 0.3) is 0 Å². The summed E-state index contributed by atoms with van der Waals surface area (Å²) in [4.78, 5) is 11.3. The van der Waals surface area contributed by atoms with Crippen LogP contribution in [0.3, 0.4) is 0 Å². The lowest BCUT2D eigenvalue weighted by Gasteiger charge is -2.36. The number of aldehydes is 1. The van der Waals surface area contributed by atoms with Gasteiger partial charge < -0.3 is 23.4 Å². The number of methoxy groups -OCH3 is 1. The quantitative estimate of drug-likeness (QED) is 0.232. The van der Waals surface area contributed by atoms with Crippen molar-refractivity contribution in [2.45, 2.75) is 51.9 Å². The molecule has 0 aromatic heterocycles. The number of carbonyl (C=O) groups excluding carboxylic acids is 1. The van der Waals surface area contributed by atoms with E-state index < -0.39 is 8.32 Å². The van der Waals surface area contributed by atoms with Crippen LogP contribution in [-0.2, 0) is 25.3 Å². The van der Waals surface area contributed by atoms with Crippen LogP contribution in [-0.4, -0.2) is 41.7 Å². The van der Waals surface area contributed by atoms with Gasteiger partial charge in [-0.05, 0) is 42.2 Å². The fourth-order valence-corrected chi connectivity index (χ4v) is 3.02. The van der Waals surface area contributed by atoms with Gasteiger partial charge in [0, 0.05) is 12.5 Å². The fraction of sp³-hybridized carbons (Fsp3) is 0.650. The molecule has 0 aliphatic rings. The molecule has 0 aliphatic carbocycles. The fourth-order valence-electron chi connectivity index (χ4n) is 1.96. The summed E-state index contributed by atoms with van der Waals surface area (Å²) in [7, 11) is -0.180. The Hall–Kier alpha value is -1.21. The van der Waals surface area contributed by atoms with Gasteiger partial charge >= 0.3 is 0 Å². The van der Waals surface area contributed by atoms with Gasteiger partial charge in [-0.2, -0.15) is 0 Å². The Morgan fingerprint density at radius 2 is 1.77 bits per heavy atom. The second-order valence-corrected chi connectivity index (χ2v) is 12.8. The molecule has 0 amide bonds. The summed E-state index contributed by atoms with van der Waals surface area (Å²) < 4.78 is 22.2. The number of hydrogen-bond donors (Lipinski definition) is 0. The maximum atomic E-state index is 11.3. The van der Waals surface area contributed by atoms with Gasteiger partial charge in [-0.1, -0.05) is 32.9 Å². The summed E-state index contributed by atoms with van der Waals surface area (Å²) in [5.74, 6) is 0.690. The van der Waals surface area contributed by atoms with Crippen LogP contribution >= 0.6 is 0 Å². The molecule has 0 saturated carbocycles. The first-order chi connectivity index (χ1) is 12.2. The van der Waals surface area contributed by atoms with Crippen molar-refractivity contribution in [1.29, 1.82) is 0 Å². The molecule has 1 aromatic rings. The highest BCUT2D eigenvalue weighted by atomic mass is 28.4. The largest absolute Gasteiger partial charge is 0.497 e. The van der Waals surface area contributed by atoms with Gasteiger partial charge in [-0.3, -0.25) is 0 Å². The first kappa shape index (κ1) is 22.8. The van der Waals surface area contributed by atoms with Crippen LogP contribution in [0.1, 0.15) is 32.8 Å². The molecule has 0 radical (unpaired) electrons. The summed E-state index contributed by atoms with van der Waals surface area (Å²) in [5, 5.41) is 0.145. The maximum absolute atomic E-state index is 11.3. The topological polar surface area (TPSA) is 54.0 Å². The lowest BCUT2D eigenvalue weighted by Crippen LogP contribution is -2.42. The monoisotopic (exact) mass is 382 g/mol. The zero-order chi connectivity index (χ0) is 19.6. The average Bonchev–Trinajstić information content (AvgIpc) is 2.60. The highest BCUT2D eigenvalue weighted by molar-refractivity contribution is 6.74. The van der Waals surface area contributed by atoms with Crippen molar-refractivity contribution >= 4 is 14.6 Å². The van der Waals surface area contributed by atoms with E-state index in [1.165, 1.54) is 0 Å². The summed E-state index contributed by atoms with van der Waals surface area (Å²) in [5.41, 5.74) is 1.06. The van der Waals surface area contributed by atoms with Crippen molar-refractivity contribution in [3.8, 4) is 5.75 Å². The zero-order valence-electron chi connectivity index (χ0n) is 17.0. The third kappa shape index (κ3) is 7.99. The van der Waals surface area contributed by atoms with E-state index in [-0.39, 0.29) is 17.7 Å². The molecule has 1 atom stereocenters. The standard InChI is InChI=1S/C20H34O5Si/c1-20(2,3)26(5,6)25-15-18(13-21)11-12-23-16-24-14-17-7-9-19(22-4)10-8-17/h7-10,13,18H,11-12,14-16H2,1-6H3/t18-/m0/s1. The van der Waals surface area contributed by atoms with Crippen molar-refractivity contribution in [3.05, 3.63) is 29.8 Å². The molecule has 1 rings (SSSR count). The van der Waals surface area contributed by atoms with Gasteiger partial charge in [0.05, 0.1) is 20.3 Å². The number of carbonyl (C=O) groups is 1. The number of hydrogen-bond acceptors (Lipinski definition) is 5. The first-order valence-corrected chi connectivity index (χ1v) is 12.0. The first-order valence-electron chi connectivity index (χ1n) is 9.07. The molecule has 0 aliphatic heterocycles.